The summed E-state index contributed by atoms with van der Waals surface area (Å²) in [6.45, 7) is 20.4. The zero-order chi connectivity index (χ0) is 33.7. The minimum atomic E-state index is -2.14. The minimum absolute atomic E-state index is 0.00447. The molecule has 1 atom stereocenters. The molecule has 12 nitrogen and oxygen atoms in total. The number of rotatable bonds is 8. The van der Waals surface area contributed by atoms with E-state index in [1.54, 1.807) is 41.2 Å². The van der Waals surface area contributed by atoms with Gasteiger partial charge in [0, 0.05) is 37.4 Å². The monoisotopic (exact) mass is 647 g/mol. The molecule has 2 aromatic heterocycles. The third-order valence-electron chi connectivity index (χ3n) is 8.80. The van der Waals surface area contributed by atoms with E-state index in [1.165, 1.54) is 0 Å². The molecule has 5 rings (SSSR count). The zero-order valence-electron chi connectivity index (χ0n) is 28.5. The second-order valence-corrected chi connectivity index (χ2v) is 19.7. The van der Waals surface area contributed by atoms with Crippen LogP contribution in [-0.4, -0.2) is 72.2 Å². The third-order valence-corrected chi connectivity index (χ3v) is 13.3. The molecule has 0 saturated carbocycles. The van der Waals surface area contributed by atoms with Gasteiger partial charge in [0.25, 0.3) is 0 Å². The number of hydrogen-bond acceptors (Lipinski definition) is 10. The van der Waals surface area contributed by atoms with E-state index < -0.39 is 25.4 Å². The summed E-state index contributed by atoms with van der Waals surface area (Å²) in [5, 5.41) is 17.9. The van der Waals surface area contributed by atoms with Crippen LogP contribution in [0, 0.1) is 11.3 Å². The number of nitrogens with zero attached hydrogens (tertiary/aromatic N) is 6. The van der Waals surface area contributed by atoms with Gasteiger partial charge in [0.2, 0.25) is 11.8 Å². The molecule has 0 spiro atoms. The maximum Gasteiger partial charge on any atom is 0.414 e. The Morgan fingerprint density at radius 2 is 1.93 bits per heavy atom. The lowest BCUT2D eigenvalue weighted by Gasteiger charge is -2.39. The molecular weight excluding hydrogens is 602 g/mol. The summed E-state index contributed by atoms with van der Waals surface area (Å²) in [5.74, 6) is 0.907. The molecule has 13 heteroatoms. The molecule has 0 radical (unpaired) electrons. The van der Waals surface area contributed by atoms with Gasteiger partial charge < -0.3 is 24.0 Å². The van der Waals surface area contributed by atoms with Crippen LogP contribution < -0.4 is 15.0 Å². The molecular formula is C33H45N7O5Si. The van der Waals surface area contributed by atoms with Crippen LogP contribution in [-0.2, 0) is 26.4 Å². The normalized spacial score (nSPS) is 18.5. The maximum atomic E-state index is 13.5. The average molecular weight is 648 g/mol. The number of aromatic nitrogens is 4. The molecule has 246 valence electrons. The Balaban J connectivity index is 1.53. The third kappa shape index (κ3) is 6.74. The summed E-state index contributed by atoms with van der Waals surface area (Å²) in [4.78, 5) is 24.3. The molecule has 1 N–H and O–H groups in total. The van der Waals surface area contributed by atoms with Crippen molar-refractivity contribution in [2.24, 2.45) is 7.05 Å². The molecule has 2 aliphatic heterocycles. The largest absolute Gasteiger partial charge is 0.468 e. The lowest BCUT2D eigenvalue weighted by atomic mass is 9.83. The second kappa shape index (κ2) is 12.0. The van der Waals surface area contributed by atoms with Gasteiger partial charge in [-0.25, -0.2) is 19.4 Å². The first-order valence-corrected chi connectivity index (χ1v) is 18.4. The number of amides is 1. The molecule has 2 aliphatic rings. The van der Waals surface area contributed by atoms with Crippen molar-refractivity contribution in [3.63, 3.8) is 0 Å². The van der Waals surface area contributed by atoms with Crippen molar-refractivity contribution in [1.82, 2.24) is 19.7 Å². The van der Waals surface area contributed by atoms with Crippen molar-refractivity contribution in [3.8, 4) is 23.2 Å². The molecule has 46 heavy (non-hydrogen) atoms. The molecule has 3 aromatic rings. The fourth-order valence-corrected chi connectivity index (χ4v) is 6.19. The van der Waals surface area contributed by atoms with Crippen LogP contribution in [0.4, 0.5) is 22.1 Å². The Hall–Kier alpha value is -3.99. The topological polar surface area (TPSA) is 137 Å². The Morgan fingerprint density at radius 3 is 2.54 bits per heavy atom. The summed E-state index contributed by atoms with van der Waals surface area (Å²) in [6.07, 6.45) is 2.79. The van der Waals surface area contributed by atoms with Crippen molar-refractivity contribution in [2.75, 3.05) is 36.6 Å². The number of carbonyl (C=O) groups excluding carboxylic acids is 1. The van der Waals surface area contributed by atoms with Crippen LogP contribution in [0.15, 0.2) is 30.6 Å². The fraction of sp³-hybridized carbons (Fsp3) is 0.545. The molecule has 1 aromatic carbocycles. The SMILES string of the molecule is Cn1ncc(Nc2nccc(-c3cc(C#N)c4c(c3)[C@@](C)(CO[Si](C)(C)C(C)(C)C)CN4C(=O)OC(C)(C)C)n2)c1OC1COC1. The van der Waals surface area contributed by atoms with Crippen molar-refractivity contribution in [1.29, 1.82) is 5.26 Å². The van der Waals surface area contributed by atoms with E-state index in [0.717, 1.165) is 11.1 Å². The standard InChI is InChI=1S/C33H45N7O5Si/c1-31(2,3)45-30(41)40-19-33(7,20-43-46(9,10)32(4,5)6)24-14-21(13-22(15-34)27(24)40)25-11-12-35-29(37-25)38-26-16-36-39(8)28(26)44-23-17-42-18-23/h11-14,16,23H,17-20H2,1-10H3,(H,35,37,38)/t33-/m1/s1. The summed E-state index contributed by atoms with van der Waals surface area (Å²) in [6, 6.07) is 7.90. The average Bonchev–Trinajstić information content (AvgIpc) is 3.44. The summed E-state index contributed by atoms with van der Waals surface area (Å²) < 4.78 is 25.5. The van der Waals surface area contributed by atoms with Crippen molar-refractivity contribution in [3.05, 3.63) is 41.7 Å². The molecule has 0 bridgehead atoms. The van der Waals surface area contributed by atoms with Crippen LogP contribution in [0.25, 0.3) is 11.3 Å². The minimum Gasteiger partial charge on any atom is -0.468 e. The zero-order valence-corrected chi connectivity index (χ0v) is 29.5. The van der Waals surface area contributed by atoms with Crippen molar-refractivity contribution >= 4 is 31.7 Å². The predicted molar refractivity (Wildman–Crippen MR) is 178 cm³/mol. The van der Waals surface area contributed by atoms with E-state index >= 15 is 0 Å². The van der Waals surface area contributed by atoms with Gasteiger partial charge >= 0.3 is 6.09 Å². The van der Waals surface area contributed by atoms with Gasteiger partial charge in [-0.05, 0) is 62.7 Å². The highest BCUT2D eigenvalue weighted by molar-refractivity contribution is 6.74. The highest BCUT2D eigenvalue weighted by Crippen LogP contribution is 2.47. The van der Waals surface area contributed by atoms with E-state index in [4.69, 9.17) is 23.6 Å². The van der Waals surface area contributed by atoms with Gasteiger partial charge in [-0.1, -0.05) is 27.7 Å². The van der Waals surface area contributed by atoms with E-state index in [2.05, 4.69) is 62.3 Å². The highest BCUT2D eigenvalue weighted by atomic mass is 28.4. The summed E-state index contributed by atoms with van der Waals surface area (Å²) in [7, 11) is -0.334. The van der Waals surface area contributed by atoms with Gasteiger partial charge in [-0.15, -0.1) is 0 Å². The van der Waals surface area contributed by atoms with E-state index in [-0.39, 0.29) is 11.1 Å². The molecule has 0 aliphatic carbocycles. The Bertz CT molecular complexity index is 1670. The van der Waals surface area contributed by atoms with E-state index in [0.29, 0.717) is 60.8 Å². The Morgan fingerprint density at radius 1 is 1.22 bits per heavy atom. The number of nitriles is 1. The van der Waals surface area contributed by atoms with Crippen LogP contribution in [0.5, 0.6) is 5.88 Å². The van der Waals surface area contributed by atoms with Gasteiger partial charge in [0.15, 0.2) is 8.32 Å². The van der Waals surface area contributed by atoms with Gasteiger partial charge in [0.1, 0.15) is 23.5 Å². The lowest BCUT2D eigenvalue weighted by molar-refractivity contribution is -0.0823. The number of ether oxygens (including phenoxy) is 3. The number of hydrogen-bond donors (Lipinski definition) is 1. The lowest BCUT2D eigenvalue weighted by Crippen LogP contribution is -2.46. The van der Waals surface area contributed by atoms with Crippen LogP contribution >= 0.6 is 0 Å². The first-order valence-electron chi connectivity index (χ1n) is 15.5. The summed E-state index contributed by atoms with van der Waals surface area (Å²) >= 11 is 0. The molecule has 1 saturated heterocycles. The molecule has 1 amide bonds. The van der Waals surface area contributed by atoms with Gasteiger partial charge in [0.05, 0.1) is 36.4 Å². The molecule has 4 heterocycles. The Labute approximate surface area is 272 Å². The van der Waals surface area contributed by atoms with Gasteiger partial charge in [-0.3, -0.25) is 4.90 Å². The quantitative estimate of drug-likeness (QED) is 0.277. The van der Waals surface area contributed by atoms with E-state index in [1.807, 2.05) is 26.8 Å². The first-order chi connectivity index (χ1) is 21.4. The smallest absolute Gasteiger partial charge is 0.414 e. The molecule has 1 fully saturated rings. The first kappa shape index (κ1) is 33.4. The number of anilines is 3. The van der Waals surface area contributed by atoms with E-state index in [9.17, 15) is 10.1 Å². The van der Waals surface area contributed by atoms with Crippen LogP contribution in [0.2, 0.25) is 18.1 Å². The number of nitrogens with one attached hydrogen (secondary N) is 1. The van der Waals surface area contributed by atoms with Gasteiger partial charge in [-0.2, -0.15) is 10.4 Å². The second-order valence-electron chi connectivity index (χ2n) is 14.9. The number of fused-ring (bicyclic) bond motifs is 1. The van der Waals surface area contributed by atoms with Crippen molar-refractivity contribution < 1.29 is 23.4 Å². The maximum absolute atomic E-state index is 13.5. The number of benzene rings is 1. The van der Waals surface area contributed by atoms with Crippen molar-refractivity contribution in [2.45, 2.75) is 83.7 Å². The fourth-order valence-electron chi connectivity index (χ4n) is 5.08. The number of aryl methyl sites for hydroxylation is 1. The number of carbonyl (C=O) groups is 1. The highest BCUT2D eigenvalue weighted by Gasteiger charge is 2.47. The van der Waals surface area contributed by atoms with Crippen LogP contribution in [0.3, 0.4) is 0 Å². The van der Waals surface area contributed by atoms with Crippen LogP contribution in [0.1, 0.15) is 59.6 Å². The predicted octanol–water partition coefficient (Wildman–Crippen LogP) is 6.30. The Kier molecular flexibility index (Phi) is 8.69. The molecule has 0 unspecified atom stereocenters. The summed E-state index contributed by atoms with van der Waals surface area (Å²) in [5.41, 5.74) is 2.39.